The van der Waals surface area contributed by atoms with Gasteiger partial charge in [0.25, 0.3) is 0 Å². The summed E-state index contributed by atoms with van der Waals surface area (Å²) in [5, 5.41) is 3.09. The quantitative estimate of drug-likeness (QED) is 0.773. The number of nitrogens with one attached hydrogen (secondary N) is 1. The number of fused-ring (bicyclic) bond motifs is 1. The van der Waals surface area contributed by atoms with Crippen molar-refractivity contribution in [3.05, 3.63) is 41.0 Å². The summed E-state index contributed by atoms with van der Waals surface area (Å²) in [5.41, 5.74) is 1.10. The predicted octanol–water partition coefficient (Wildman–Crippen LogP) is 2.69. The number of H-pyrrole nitrogens is 1. The summed E-state index contributed by atoms with van der Waals surface area (Å²) in [5.74, 6) is 1.23. The minimum atomic E-state index is 0.231. The Hall–Kier alpha value is -2.41. The summed E-state index contributed by atoms with van der Waals surface area (Å²) >= 11 is 1.66. The smallest absolute Gasteiger partial charge is 0.227 e. The van der Waals surface area contributed by atoms with Gasteiger partial charge in [0, 0.05) is 42.7 Å². The van der Waals surface area contributed by atoms with Crippen LogP contribution < -0.4 is 4.90 Å². The molecule has 4 heterocycles. The predicted molar refractivity (Wildman–Crippen MR) is 102 cm³/mol. The number of aromatic amines is 1. The van der Waals surface area contributed by atoms with Crippen molar-refractivity contribution in [2.45, 2.75) is 19.3 Å². The molecule has 3 aromatic rings. The van der Waals surface area contributed by atoms with Crippen molar-refractivity contribution in [3.8, 4) is 0 Å². The van der Waals surface area contributed by atoms with Gasteiger partial charge in [-0.05, 0) is 30.4 Å². The van der Waals surface area contributed by atoms with Crippen LogP contribution in [-0.4, -0.2) is 51.9 Å². The fraction of sp³-hybridized carbons (Fsp3) is 0.421. The third-order valence-electron chi connectivity index (χ3n) is 5.54. The lowest BCUT2D eigenvalue weighted by Crippen LogP contribution is -2.37. The standard InChI is InChI=1S/C19H21N5OS/c25-16(10-14-2-1-9-26-14)23-7-8-24(12-19(11-23)4-5-19)18-15-3-6-20-17(15)21-13-22-18/h1-3,6,9,13H,4-5,7-8,10-12H2,(H,20,21,22). The van der Waals surface area contributed by atoms with E-state index in [9.17, 15) is 4.79 Å². The molecule has 134 valence electrons. The van der Waals surface area contributed by atoms with Gasteiger partial charge < -0.3 is 14.8 Å². The van der Waals surface area contributed by atoms with Crippen LogP contribution in [0.25, 0.3) is 11.0 Å². The molecule has 1 aliphatic carbocycles. The van der Waals surface area contributed by atoms with E-state index in [0.29, 0.717) is 6.42 Å². The minimum absolute atomic E-state index is 0.231. The molecule has 26 heavy (non-hydrogen) atoms. The molecule has 5 rings (SSSR count). The number of hydrogen-bond acceptors (Lipinski definition) is 5. The summed E-state index contributed by atoms with van der Waals surface area (Å²) in [4.78, 5) is 30.4. The second kappa shape index (κ2) is 6.09. The van der Waals surface area contributed by atoms with Crippen LogP contribution in [0.4, 0.5) is 5.82 Å². The maximum absolute atomic E-state index is 12.8. The van der Waals surface area contributed by atoms with E-state index < -0.39 is 0 Å². The van der Waals surface area contributed by atoms with Crippen molar-refractivity contribution >= 4 is 34.1 Å². The first-order valence-corrected chi connectivity index (χ1v) is 9.94. The van der Waals surface area contributed by atoms with Crippen molar-refractivity contribution in [1.29, 1.82) is 0 Å². The van der Waals surface area contributed by atoms with Crippen LogP contribution in [0, 0.1) is 5.41 Å². The summed E-state index contributed by atoms with van der Waals surface area (Å²) in [6.45, 7) is 3.40. The van der Waals surface area contributed by atoms with Gasteiger partial charge in [-0.3, -0.25) is 4.79 Å². The molecule has 1 amide bonds. The number of amides is 1. The van der Waals surface area contributed by atoms with Gasteiger partial charge in [0.2, 0.25) is 5.91 Å². The van der Waals surface area contributed by atoms with Gasteiger partial charge in [0.05, 0.1) is 11.8 Å². The summed E-state index contributed by atoms with van der Waals surface area (Å²) < 4.78 is 0. The summed E-state index contributed by atoms with van der Waals surface area (Å²) in [6.07, 6.45) is 6.42. The molecule has 2 aliphatic rings. The molecule has 3 aromatic heterocycles. The van der Waals surface area contributed by atoms with E-state index in [2.05, 4.69) is 24.8 Å². The Morgan fingerprint density at radius 1 is 1.23 bits per heavy atom. The van der Waals surface area contributed by atoms with E-state index >= 15 is 0 Å². The van der Waals surface area contributed by atoms with Crippen LogP contribution in [0.15, 0.2) is 36.1 Å². The Labute approximate surface area is 155 Å². The first-order chi connectivity index (χ1) is 12.7. The number of aromatic nitrogens is 3. The topological polar surface area (TPSA) is 65.1 Å². The fourth-order valence-electron chi connectivity index (χ4n) is 3.93. The second-order valence-corrected chi connectivity index (χ2v) is 8.46. The number of thiophene rings is 1. The molecular weight excluding hydrogens is 346 g/mol. The van der Waals surface area contributed by atoms with Gasteiger partial charge in [0.1, 0.15) is 17.8 Å². The molecule has 7 heteroatoms. The van der Waals surface area contributed by atoms with E-state index in [4.69, 9.17) is 0 Å². The first-order valence-electron chi connectivity index (χ1n) is 9.06. The zero-order valence-corrected chi connectivity index (χ0v) is 15.3. The van der Waals surface area contributed by atoms with Gasteiger partial charge >= 0.3 is 0 Å². The maximum Gasteiger partial charge on any atom is 0.227 e. The number of carbonyl (C=O) groups excluding carboxylic acids is 1. The van der Waals surface area contributed by atoms with Crippen LogP contribution in [0.5, 0.6) is 0 Å². The average molecular weight is 367 g/mol. The summed E-state index contributed by atoms with van der Waals surface area (Å²) in [6, 6.07) is 6.09. The molecule has 0 atom stereocenters. The molecule has 0 radical (unpaired) electrons. The molecular formula is C19H21N5OS. The Kier molecular flexibility index (Phi) is 3.70. The molecule has 0 unspecified atom stereocenters. The number of rotatable bonds is 3. The van der Waals surface area contributed by atoms with Gasteiger partial charge in [0.15, 0.2) is 0 Å². The second-order valence-electron chi connectivity index (χ2n) is 7.43. The number of carbonyl (C=O) groups is 1. The Bertz CT molecular complexity index is 930. The Morgan fingerprint density at radius 2 is 2.15 bits per heavy atom. The molecule has 0 bridgehead atoms. The summed E-state index contributed by atoms with van der Waals surface area (Å²) in [7, 11) is 0. The van der Waals surface area contributed by atoms with Crippen LogP contribution in [0.2, 0.25) is 0 Å². The van der Waals surface area contributed by atoms with Gasteiger partial charge in [-0.15, -0.1) is 11.3 Å². The van der Waals surface area contributed by atoms with Gasteiger partial charge in [-0.2, -0.15) is 0 Å². The Morgan fingerprint density at radius 3 is 2.96 bits per heavy atom. The molecule has 1 aliphatic heterocycles. The average Bonchev–Trinajstić information content (AvgIpc) is 3.04. The van der Waals surface area contributed by atoms with E-state index in [1.54, 1.807) is 17.7 Å². The molecule has 1 saturated carbocycles. The maximum atomic E-state index is 12.8. The fourth-order valence-corrected chi connectivity index (χ4v) is 4.63. The zero-order valence-electron chi connectivity index (χ0n) is 14.5. The number of nitrogens with zero attached hydrogens (tertiary/aromatic N) is 4. The molecule has 1 N–H and O–H groups in total. The van der Waals surface area contributed by atoms with E-state index in [0.717, 1.165) is 47.9 Å². The SMILES string of the molecule is O=C(Cc1cccs1)N1CCN(c2ncnc3[nH]ccc23)CC2(CC2)C1. The number of anilines is 1. The van der Waals surface area contributed by atoms with Crippen LogP contribution in [-0.2, 0) is 11.2 Å². The largest absolute Gasteiger partial charge is 0.354 e. The number of hydrogen-bond donors (Lipinski definition) is 1. The van der Waals surface area contributed by atoms with Crippen molar-refractivity contribution in [2.75, 3.05) is 31.1 Å². The van der Waals surface area contributed by atoms with Crippen molar-refractivity contribution in [3.63, 3.8) is 0 Å². The Balaban J connectivity index is 1.39. The molecule has 2 fully saturated rings. The highest BCUT2D eigenvalue weighted by atomic mass is 32.1. The molecule has 1 saturated heterocycles. The minimum Gasteiger partial charge on any atom is -0.354 e. The van der Waals surface area contributed by atoms with Crippen molar-refractivity contribution in [2.24, 2.45) is 5.41 Å². The highest BCUT2D eigenvalue weighted by molar-refractivity contribution is 7.10. The highest BCUT2D eigenvalue weighted by Gasteiger charge is 2.47. The monoisotopic (exact) mass is 367 g/mol. The van der Waals surface area contributed by atoms with E-state index in [-0.39, 0.29) is 11.3 Å². The molecule has 0 aromatic carbocycles. The van der Waals surface area contributed by atoms with E-state index in [1.165, 1.54) is 12.8 Å². The van der Waals surface area contributed by atoms with Crippen molar-refractivity contribution < 1.29 is 4.79 Å². The van der Waals surface area contributed by atoms with Gasteiger partial charge in [-0.25, -0.2) is 9.97 Å². The third-order valence-corrected chi connectivity index (χ3v) is 6.42. The first kappa shape index (κ1) is 15.8. The van der Waals surface area contributed by atoms with Crippen molar-refractivity contribution in [1.82, 2.24) is 19.9 Å². The lowest BCUT2D eigenvalue weighted by molar-refractivity contribution is -0.130. The molecule has 6 nitrogen and oxygen atoms in total. The highest BCUT2D eigenvalue weighted by Crippen LogP contribution is 2.48. The lowest BCUT2D eigenvalue weighted by Gasteiger charge is -2.25. The molecule has 1 spiro atoms. The van der Waals surface area contributed by atoms with Crippen LogP contribution in [0.3, 0.4) is 0 Å². The third kappa shape index (κ3) is 2.86. The van der Waals surface area contributed by atoms with E-state index in [1.807, 2.05) is 29.8 Å². The van der Waals surface area contributed by atoms with Crippen LogP contribution in [0.1, 0.15) is 17.7 Å². The van der Waals surface area contributed by atoms with Gasteiger partial charge in [-0.1, -0.05) is 6.07 Å². The lowest BCUT2D eigenvalue weighted by atomic mass is 10.1. The zero-order chi connectivity index (χ0) is 17.6. The van der Waals surface area contributed by atoms with Crippen LogP contribution >= 0.6 is 11.3 Å². The normalized spacial score (nSPS) is 19.1.